The second-order valence-corrected chi connectivity index (χ2v) is 7.86. The fourth-order valence-electron chi connectivity index (χ4n) is 3.96. The zero-order valence-electron chi connectivity index (χ0n) is 16.6. The maximum Gasteiger partial charge on any atom is 0.274 e. The molecule has 162 valence electrons. The molecular formula is C22H21F3N4O2. The SMILES string of the molecule is NC(=O)c1cc(NC(=O)c2c3ccccc3nn2CC2CCC(F)(F)CC2)ccc1F. The fraction of sp³-hybridized carbons (Fsp3) is 0.318. The average Bonchev–Trinajstić information content (AvgIpc) is 3.08. The van der Waals surface area contributed by atoms with Gasteiger partial charge in [0.1, 0.15) is 11.5 Å². The maximum atomic E-state index is 13.7. The number of benzene rings is 2. The van der Waals surface area contributed by atoms with Crippen LogP contribution in [-0.2, 0) is 6.54 Å². The Balaban J connectivity index is 1.63. The van der Waals surface area contributed by atoms with E-state index in [1.54, 1.807) is 28.9 Å². The highest BCUT2D eigenvalue weighted by atomic mass is 19.3. The van der Waals surface area contributed by atoms with Gasteiger partial charge >= 0.3 is 0 Å². The molecule has 2 aromatic carbocycles. The topological polar surface area (TPSA) is 90.0 Å². The molecule has 3 N–H and O–H groups in total. The predicted octanol–water partition coefficient (Wildman–Crippen LogP) is 4.35. The van der Waals surface area contributed by atoms with Gasteiger partial charge in [0, 0.05) is 30.5 Å². The summed E-state index contributed by atoms with van der Waals surface area (Å²) >= 11 is 0. The summed E-state index contributed by atoms with van der Waals surface area (Å²) in [6.07, 6.45) is 0.352. The van der Waals surface area contributed by atoms with Gasteiger partial charge in [-0.1, -0.05) is 18.2 Å². The summed E-state index contributed by atoms with van der Waals surface area (Å²) < 4.78 is 42.3. The smallest absolute Gasteiger partial charge is 0.274 e. The summed E-state index contributed by atoms with van der Waals surface area (Å²) in [5.74, 6) is -4.88. The number of carbonyl (C=O) groups is 2. The zero-order valence-corrected chi connectivity index (χ0v) is 16.6. The van der Waals surface area contributed by atoms with Crippen LogP contribution < -0.4 is 11.1 Å². The molecule has 1 aromatic heterocycles. The molecule has 6 nitrogen and oxygen atoms in total. The van der Waals surface area contributed by atoms with E-state index in [1.807, 2.05) is 0 Å². The summed E-state index contributed by atoms with van der Waals surface area (Å²) in [7, 11) is 0. The Morgan fingerprint density at radius 3 is 2.58 bits per heavy atom. The first kappa shape index (κ1) is 20.9. The van der Waals surface area contributed by atoms with Crippen LogP contribution in [0.4, 0.5) is 18.9 Å². The van der Waals surface area contributed by atoms with Gasteiger partial charge in [-0.05, 0) is 43.0 Å². The predicted molar refractivity (Wildman–Crippen MR) is 110 cm³/mol. The number of carbonyl (C=O) groups excluding carboxylic acids is 2. The Morgan fingerprint density at radius 2 is 1.87 bits per heavy atom. The number of amides is 2. The van der Waals surface area contributed by atoms with Gasteiger partial charge in [0.2, 0.25) is 5.92 Å². The van der Waals surface area contributed by atoms with E-state index in [0.717, 1.165) is 6.07 Å². The van der Waals surface area contributed by atoms with Gasteiger partial charge < -0.3 is 11.1 Å². The zero-order chi connectivity index (χ0) is 22.2. The van der Waals surface area contributed by atoms with E-state index >= 15 is 0 Å². The van der Waals surface area contributed by atoms with Crippen LogP contribution in [0.15, 0.2) is 42.5 Å². The van der Waals surface area contributed by atoms with Gasteiger partial charge in [-0.3, -0.25) is 14.3 Å². The minimum atomic E-state index is -2.63. The number of aromatic nitrogens is 2. The number of anilines is 1. The van der Waals surface area contributed by atoms with Gasteiger partial charge in [0.15, 0.2) is 0 Å². The highest BCUT2D eigenvalue weighted by molar-refractivity contribution is 6.11. The molecule has 31 heavy (non-hydrogen) atoms. The average molecular weight is 430 g/mol. The lowest BCUT2D eigenvalue weighted by Gasteiger charge is -2.28. The van der Waals surface area contributed by atoms with E-state index in [4.69, 9.17) is 5.73 Å². The highest BCUT2D eigenvalue weighted by Gasteiger charge is 2.35. The Bertz CT molecular complexity index is 1150. The van der Waals surface area contributed by atoms with E-state index in [0.29, 0.717) is 30.3 Å². The van der Waals surface area contributed by atoms with Crippen LogP contribution >= 0.6 is 0 Å². The van der Waals surface area contributed by atoms with Crippen molar-refractivity contribution in [3.8, 4) is 0 Å². The van der Waals surface area contributed by atoms with Gasteiger partial charge in [0.25, 0.3) is 11.8 Å². The molecule has 1 saturated carbocycles. The molecule has 0 saturated heterocycles. The minimum absolute atomic E-state index is 0.0206. The van der Waals surface area contributed by atoms with Crippen molar-refractivity contribution >= 4 is 28.4 Å². The van der Waals surface area contributed by atoms with Crippen LogP contribution in [0, 0.1) is 11.7 Å². The molecule has 2 amide bonds. The molecule has 1 aliphatic carbocycles. The summed E-state index contributed by atoms with van der Waals surface area (Å²) in [5, 5.41) is 7.77. The molecule has 9 heteroatoms. The van der Waals surface area contributed by atoms with Crippen LogP contribution in [0.3, 0.4) is 0 Å². The van der Waals surface area contributed by atoms with Crippen molar-refractivity contribution in [1.29, 1.82) is 0 Å². The number of nitrogens with two attached hydrogens (primary N) is 1. The number of hydrogen-bond acceptors (Lipinski definition) is 3. The molecule has 0 spiro atoms. The van der Waals surface area contributed by atoms with Gasteiger partial charge in [-0.25, -0.2) is 13.2 Å². The van der Waals surface area contributed by atoms with Gasteiger partial charge in [-0.15, -0.1) is 0 Å². The Hall–Kier alpha value is -3.36. The number of primary amides is 1. The lowest BCUT2D eigenvalue weighted by molar-refractivity contribution is -0.0476. The molecule has 0 bridgehead atoms. The first-order chi connectivity index (χ1) is 14.7. The number of rotatable bonds is 5. The normalized spacial score (nSPS) is 16.4. The summed E-state index contributed by atoms with van der Waals surface area (Å²) in [6.45, 7) is 0.337. The van der Waals surface area contributed by atoms with Crippen LogP contribution in [-0.4, -0.2) is 27.5 Å². The van der Waals surface area contributed by atoms with Gasteiger partial charge in [0.05, 0.1) is 11.1 Å². The van der Waals surface area contributed by atoms with Crippen molar-refractivity contribution in [2.24, 2.45) is 11.7 Å². The number of fused-ring (bicyclic) bond motifs is 1. The third kappa shape index (κ3) is 4.40. The van der Waals surface area contributed by atoms with E-state index < -0.39 is 23.6 Å². The third-order valence-corrected chi connectivity index (χ3v) is 5.62. The summed E-state index contributed by atoms with van der Waals surface area (Å²) in [5.41, 5.74) is 5.92. The van der Waals surface area contributed by atoms with E-state index in [-0.39, 0.29) is 35.7 Å². The molecule has 0 atom stereocenters. The Labute approximate surface area is 176 Å². The minimum Gasteiger partial charge on any atom is -0.366 e. The number of nitrogens with zero attached hydrogens (tertiary/aromatic N) is 2. The van der Waals surface area contributed by atoms with Crippen LogP contribution in [0.25, 0.3) is 10.9 Å². The lowest BCUT2D eigenvalue weighted by Crippen LogP contribution is -2.28. The molecule has 0 aliphatic heterocycles. The molecule has 1 heterocycles. The first-order valence-electron chi connectivity index (χ1n) is 9.97. The van der Waals surface area contributed by atoms with Gasteiger partial charge in [-0.2, -0.15) is 5.10 Å². The first-order valence-corrected chi connectivity index (χ1v) is 9.97. The summed E-state index contributed by atoms with van der Waals surface area (Å²) in [6, 6.07) is 10.6. The molecule has 0 unspecified atom stereocenters. The van der Waals surface area contributed by atoms with Crippen molar-refractivity contribution < 1.29 is 22.8 Å². The monoisotopic (exact) mass is 430 g/mol. The van der Waals surface area contributed by atoms with Crippen LogP contribution in [0.1, 0.15) is 46.5 Å². The van der Waals surface area contributed by atoms with Crippen molar-refractivity contribution in [3.63, 3.8) is 0 Å². The third-order valence-electron chi connectivity index (χ3n) is 5.62. The van der Waals surface area contributed by atoms with E-state index in [2.05, 4.69) is 10.4 Å². The standard InChI is InChI=1S/C22H21F3N4O2/c23-17-6-5-14(11-16(17)20(26)30)27-21(31)19-15-3-1-2-4-18(15)28-29(19)12-13-7-9-22(24,25)10-8-13/h1-6,11,13H,7-10,12H2,(H2,26,30)(H,27,31). The molecule has 4 rings (SSSR count). The number of halogens is 3. The summed E-state index contributed by atoms with van der Waals surface area (Å²) in [4.78, 5) is 24.5. The van der Waals surface area contributed by atoms with Crippen molar-refractivity contribution in [3.05, 3.63) is 59.5 Å². The Morgan fingerprint density at radius 1 is 1.16 bits per heavy atom. The number of alkyl halides is 2. The molecule has 3 aromatic rings. The van der Waals surface area contributed by atoms with Crippen molar-refractivity contribution in [2.45, 2.75) is 38.2 Å². The maximum absolute atomic E-state index is 13.7. The second kappa shape index (κ2) is 8.05. The Kier molecular flexibility index (Phi) is 5.43. The largest absolute Gasteiger partial charge is 0.366 e. The van der Waals surface area contributed by atoms with E-state index in [1.165, 1.54) is 12.1 Å². The molecule has 1 aliphatic rings. The lowest BCUT2D eigenvalue weighted by atomic mass is 9.87. The second-order valence-electron chi connectivity index (χ2n) is 7.86. The fourth-order valence-corrected chi connectivity index (χ4v) is 3.96. The number of nitrogens with one attached hydrogen (secondary N) is 1. The quantitative estimate of drug-likeness (QED) is 0.631. The van der Waals surface area contributed by atoms with Crippen molar-refractivity contribution in [1.82, 2.24) is 9.78 Å². The van der Waals surface area contributed by atoms with Crippen LogP contribution in [0.2, 0.25) is 0 Å². The van der Waals surface area contributed by atoms with Crippen molar-refractivity contribution in [2.75, 3.05) is 5.32 Å². The van der Waals surface area contributed by atoms with Crippen LogP contribution in [0.5, 0.6) is 0 Å². The highest BCUT2D eigenvalue weighted by Crippen LogP contribution is 2.37. The number of hydrogen-bond donors (Lipinski definition) is 2. The molecule has 0 radical (unpaired) electrons. The molecular weight excluding hydrogens is 409 g/mol. The van der Waals surface area contributed by atoms with E-state index in [9.17, 15) is 22.8 Å². The molecule has 1 fully saturated rings.